The van der Waals surface area contributed by atoms with Crippen LogP contribution in [0.5, 0.6) is 0 Å². The Balaban J connectivity index is 2.44. The van der Waals surface area contributed by atoms with E-state index in [9.17, 15) is 10.1 Å². The van der Waals surface area contributed by atoms with Crippen molar-refractivity contribution in [3.63, 3.8) is 0 Å². The molecule has 0 amide bonds. The zero-order valence-corrected chi connectivity index (χ0v) is 12.1. The molecule has 2 aromatic rings. The molecule has 0 spiro atoms. The highest BCUT2D eigenvalue weighted by Gasteiger charge is 2.26. The molecule has 114 valence electrons. The molecule has 0 aliphatic rings. The van der Waals surface area contributed by atoms with Crippen molar-refractivity contribution in [3.8, 4) is 0 Å². The van der Waals surface area contributed by atoms with E-state index in [2.05, 4.69) is 4.98 Å². The highest BCUT2D eigenvalue weighted by molar-refractivity contribution is 5.63. The highest BCUT2D eigenvalue weighted by Crippen LogP contribution is 2.28. The third kappa shape index (κ3) is 3.29. The van der Waals surface area contributed by atoms with Crippen LogP contribution in [0.1, 0.15) is 0 Å². The van der Waals surface area contributed by atoms with Crippen LogP contribution in [0.4, 0.5) is 11.6 Å². The van der Waals surface area contributed by atoms with Gasteiger partial charge in [0.15, 0.2) is 0 Å². The molecule has 8 heteroatoms. The Labute approximate surface area is 122 Å². The molecule has 0 radical (unpaired) electrons. The van der Waals surface area contributed by atoms with Gasteiger partial charge >= 0.3 is 5.82 Å². The molecule has 0 saturated heterocycles. The van der Waals surface area contributed by atoms with Crippen LogP contribution in [0, 0.1) is 10.1 Å². The van der Waals surface area contributed by atoms with Gasteiger partial charge in [-0.1, -0.05) is 6.07 Å². The Bertz CT molecular complexity index is 605. The van der Waals surface area contributed by atoms with E-state index in [1.165, 1.54) is 4.40 Å². The van der Waals surface area contributed by atoms with Gasteiger partial charge in [-0.15, -0.1) is 0 Å². The SMILES string of the molecule is COCCN(CCOC)c1nc2ccccn2c1[N+](=O)[O-]. The maximum absolute atomic E-state index is 11.4. The normalized spacial score (nSPS) is 11.0. The number of ether oxygens (including phenoxy) is 2. The molecule has 0 fully saturated rings. The first-order chi connectivity index (χ1) is 10.2. The number of fused-ring (bicyclic) bond motifs is 1. The summed E-state index contributed by atoms with van der Waals surface area (Å²) in [5.41, 5.74) is 0.541. The fourth-order valence-corrected chi connectivity index (χ4v) is 2.08. The molecule has 0 saturated carbocycles. The van der Waals surface area contributed by atoms with Crippen LogP contribution in [0.15, 0.2) is 24.4 Å². The van der Waals surface area contributed by atoms with Crippen LogP contribution >= 0.6 is 0 Å². The Morgan fingerprint density at radius 3 is 2.52 bits per heavy atom. The maximum Gasteiger partial charge on any atom is 0.372 e. The number of anilines is 1. The predicted molar refractivity (Wildman–Crippen MR) is 77.8 cm³/mol. The third-order valence-corrected chi connectivity index (χ3v) is 3.09. The first-order valence-electron chi connectivity index (χ1n) is 6.53. The lowest BCUT2D eigenvalue weighted by Crippen LogP contribution is -2.31. The Kier molecular flexibility index (Phi) is 5.07. The number of aromatic nitrogens is 2. The third-order valence-electron chi connectivity index (χ3n) is 3.09. The fourth-order valence-electron chi connectivity index (χ4n) is 2.08. The topological polar surface area (TPSA) is 82.1 Å². The molecule has 0 aliphatic heterocycles. The van der Waals surface area contributed by atoms with Crippen LogP contribution in [-0.2, 0) is 9.47 Å². The van der Waals surface area contributed by atoms with Gasteiger partial charge in [0.25, 0.3) is 0 Å². The lowest BCUT2D eigenvalue weighted by atomic mass is 10.4. The van der Waals surface area contributed by atoms with Crippen molar-refractivity contribution < 1.29 is 14.4 Å². The van der Waals surface area contributed by atoms with E-state index in [0.717, 1.165) is 0 Å². The van der Waals surface area contributed by atoms with Gasteiger partial charge < -0.3 is 24.5 Å². The molecule has 0 bridgehead atoms. The highest BCUT2D eigenvalue weighted by atomic mass is 16.6. The summed E-state index contributed by atoms with van der Waals surface area (Å²) in [4.78, 5) is 17.2. The quantitative estimate of drug-likeness (QED) is 0.540. The Morgan fingerprint density at radius 2 is 1.95 bits per heavy atom. The number of methoxy groups -OCH3 is 2. The molecular formula is C13H18N4O4. The fraction of sp³-hybridized carbons (Fsp3) is 0.462. The first-order valence-corrected chi connectivity index (χ1v) is 6.53. The van der Waals surface area contributed by atoms with E-state index in [0.29, 0.717) is 37.8 Å². The molecule has 0 aromatic carbocycles. The van der Waals surface area contributed by atoms with E-state index < -0.39 is 4.92 Å². The maximum atomic E-state index is 11.4. The molecule has 0 unspecified atom stereocenters. The second-order valence-electron chi connectivity index (χ2n) is 4.42. The number of hydrogen-bond donors (Lipinski definition) is 0. The molecule has 0 N–H and O–H groups in total. The standard InChI is InChI=1S/C13H18N4O4/c1-20-9-7-15(8-10-21-2)12-13(17(18)19)16-6-4-3-5-11(16)14-12/h3-6H,7-10H2,1-2H3. The monoisotopic (exact) mass is 294 g/mol. The summed E-state index contributed by atoms with van der Waals surface area (Å²) in [6, 6.07) is 5.27. The number of rotatable bonds is 8. The first kappa shape index (κ1) is 15.2. The summed E-state index contributed by atoms with van der Waals surface area (Å²) in [7, 11) is 3.18. The van der Waals surface area contributed by atoms with Crippen molar-refractivity contribution in [1.82, 2.24) is 9.38 Å². The van der Waals surface area contributed by atoms with Crippen molar-refractivity contribution in [2.75, 3.05) is 45.4 Å². The molecule has 0 atom stereocenters. The van der Waals surface area contributed by atoms with Crippen LogP contribution in [-0.4, -0.2) is 54.8 Å². The van der Waals surface area contributed by atoms with E-state index in [4.69, 9.17) is 9.47 Å². The van der Waals surface area contributed by atoms with Crippen LogP contribution < -0.4 is 4.90 Å². The molecule has 2 rings (SSSR count). The summed E-state index contributed by atoms with van der Waals surface area (Å²) in [6.45, 7) is 1.92. The van der Waals surface area contributed by atoms with E-state index in [1.807, 2.05) is 0 Å². The van der Waals surface area contributed by atoms with Gasteiger partial charge in [0, 0.05) is 33.4 Å². The Morgan fingerprint density at radius 1 is 1.29 bits per heavy atom. The summed E-state index contributed by atoms with van der Waals surface area (Å²) in [5.74, 6) is 0.290. The second kappa shape index (κ2) is 7.00. The van der Waals surface area contributed by atoms with Crippen molar-refractivity contribution in [1.29, 1.82) is 0 Å². The van der Waals surface area contributed by atoms with Crippen molar-refractivity contribution in [3.05, 3.63) is 34.5 Å². The van der Waals surface area contributed by atoms with Gasteiger partial charge in [-0.2, -0.15) is 9.38 Å². The Hall–Kier alpha value is -2.19. The predicted octanol–water partition coefficient (Wildman–Crippen LogP) is 1.34. The smallest absolute Gasteiger partial charge is 0.372 e. The van der Waals surface area contributed by atoms with Gasteiger partial charge in [-0.3, -0.25) is 0 Å². The summed E-state index contributed by atoms with van der Waals surface area (Å²) in [6.07, 6.45) is 1.63. The molecule has 8 nitrogen and oxygen atoms in total. The van der Waals surface area contributed by atoms with Crippen LogP contribution in [0.3, 0.4) is 0 Å². The lowest BCUT2D eigenvalue weighted by molar-refractivity contribution is -0.389. The number of hydrogen-bond acceptors (Lipinski definition) is 6. The molecule has 21 heavy (non-hydrogen) atoms. The van der Waals surface area contributed by atoms with Gasteiger partial charge in [0.2, 0.25) is 11.5 Å². The van der Waals surface area contributed by atoms with Gasteiger partial charge in [0.05, 0.1) is 19.4 Å². The number of nitro groups is 1. The summed E-state index contributed by atoms with van der Waals surface area (Å²) >= 11 is 0. The minimum absolute atomic E-state index is 0.0437. The van der Waals surface area contributed by atoms with E-state index >= 15 is 0 Å². The lowest BCUT2D eigenvalue weighted by Gasteiger charge is -2.20. The summed E-state index contributed by atoms with van der Waals surface area (Å²) in [5, 5.41) is 11.4. The van der Waals surface area contributed by atoms with Gasteiger partial charge in [0.1, 0.15) is 0 Å². The molecule has 0 aliphatic carbocycles. The van der Waals surface area contributed by atoms with E-state index in [-0.39, 0.29) is 5.82 Å². The molecule has 2 heterocycles. The largest absolute Gasteiger partial charge is 0.383 e. The molecule has 2 aromatic heterocycles. The van der Waals surface area contributed by atoms with Crippen molar-refractivity contribution >= 4 is 17.3 Å². The minimum Gasteiger partial charge on any atom is -0.383 e. The van der Waals surface area contributed by atoms with Crippen molar-refractivity contribution in [2.24, 2.45) is 0 Å². The average Bonchev–Trinajstić information content (AvgIpc) is 2.86. The number of nitrogens with zero attached hydrogens (tertiary/aromatic N) is 4. The summed E-state index contributed by atoms with van der Waals surface area (Å²) < 4.78 is 11.6. The van der Waals surface area contributed by atoms with Gasteiger partial charge in [-0.25, -0.2) is 0 Å². The van der Waals surface area contributed by atoms with Crippen molar-refractivity contribution in [2.45, 2.75) is 0 Å². The second-order valence-corrected chi connectivity index (χ2v) is 4.42. The minimum atomic E-state index is -0.415. The zero-order valence-electron chi connectivity index (χ0n) is 12.1. The van der Waals surface area contributed by atoms with Crippen LogP contribution in [0.25, 0.3) is 5.65 Å². The average molecular weight is 294 g/mol. The van der Waals surface area contributed by atoms with Gasteiger partial charge in [-0.05, 0) is 11.0 Å². The molecular weight excluding hydrogens is 276 g/mol. The zero-order chi connectivity index (χ0) is 15.2. The number of pyridine rings is 1. The van der Waals surface area contributed by atoms with Crippen LogP contribution in [0.2, 0.25) is 0 Å². The van der Waals surface area contributed by atoms with E-state index in [1.54, 1.807) is 43.5 Å². The number of imidazole rings is 1.